The predicted octanol–water partition coefficient (Wildman–Crippen LogP) is 8.39. The van der Waals surface area contributed by atoms with Gasteiger partial charge in [0.2, 0.25) is 0 Å². The van der Waals surface area contributed by atoms with Gasteiger partial charge in [0, 0.05) is 14.7 Å². The van der Waals surface area contributed by atoms with E-state index in [9.17, 15) is 8.42 Å². The van der Waals surface area contributed by atoms with E-state index in [-0.39, 0.29) is 4.90 Å². The van der Waals surface area contributed by atoms with E-state index in [1.54, 1.807) is 24.3 Å². The summed E-state index contributed by atoms with van der Waals surface area (Å²) < 4.78 is 40.0. The summed E-state index contributed by atoms with van der Waals surface area (Å²) in [4.78, 5) is 2.52. The molecule has 37 heavy (non-hydrogen) atoms. The van der Waals surface area contributed by atoms with Crippen molar-refractivity contribution in [1.29, 1.82) is 0 Å². The lowest BCUT2D eigenvalue weighted by Gasteiger charge is -2.39. The Hall–Kier alpha value is -3.06. The molecule has 0 amide bonds. The zero-order valence-corrected chi connectivity index (χ0v) is 23.4. The number of rotatable bonds is 10. The second-order valence-corrected chi connectivity index (χ2v) is 13.6. The summed E-state index contributed by atoms with van der Waals surface area (Å²) in [6, 6.07) is 30.3. The van der Waals surface area contributed by atoms with Gasteiger partial charge in [-0.3, -0.25) is 0 Å². The van der Waals surface area contributed by atoms with E-state index in [0.717, 1.165) is 50.0 Å². The molecule has 4 aromatic rings. The van der Waals surface area contributed by atoms with Crippen LogP contribution in [-0.2, 0) is 13.7 Å². The molecule has 6 heteroatoms. The Morgan fingerprint density at radius 2 is 0.946 bits per heavy atom. The predicted molar refractivity (Wildman–Crippen MR) is 151 cm³/mol. The second-order valence-electron chi connectivity index (χ2n) is 9.19. The molecule has 194 valence electrons. The van der Waals surface area contributed by atoms with Gasteiger partial charge in [-0.2, -0.15) is 8.42 Å². The van der Waals surface area contributed by atoms with E-state index in [2.05, 4.69) is 6.92 Å². The van der Waals surface area contributed by atoms with Gasteiger partial charge in [0.25, 0.3) is 0 Å². The molecule has 0 bridgehead atoms. The van der Waals surface area contributed by atoms with Crippen LogP contribution in [0, 0.1) is 20.8 Å². The van der Waals surface area contributed by atoms with Crippen LogP contribution < -0.4 is 4.74 Å². The van der Waals surface area contributed by atoms with E-state index in [1.807, 2.05) is 93.6 Å². The second kappa shape index (κ2) is 11.5. The fraction of sp³-hybridized carbons (Fsp3) is 0.226. The van der Waals surface area contributed by atoms with Crippen LogP contribution in [-0.4, -0.2) is 15.0 Å². The van der Waals surface area contributed by atoms with Crippen molar-refractivity contribution in [2.45, 2.75) is 60.1 Å². The molecule has 0 fully saturated rings. The van der Waals surface area contributed by atoms with Gasteiger partial charge in [-0.25, -0.2) is 3.63 Å². The highest BCUT2D eigenvalue weighted by molar-refractivity contribution is 8.33. The monoisotopic (exact) mass is 534 g/mol. The normalized spacial score (nSPS) is 12.3. The molecule has 0 heterocycles. The molecular weight excluding hydrogens is 500 g/mol. The SMILES string of the molecule is CCCCOc1ccc(S(OS(=O)(=O)c2ccc(C)cc2)(c2ccc(C)cc2)c2ccc(C)cc2)cc1. The molecular formula is C31H34O4S2. The molecule has 4 aromatic carbocycles. The smallest absolute Gasteiger partial charge is 0.307 e. The van der Waals surface area contributed by atoms with Gasteiger partial charge in [0.1, 0.15) is 5.75 Å². The lowest BCUT2D eigenvalue weighted by Crippen LogP contribution is -2.14. The Balaban J connectivity index is 1.93. The van der Waals surface area contributed by atoms with Crippen molar-refractivity contribution in [2.24, 2.45) is 0 Å². The quantitative estimate of drug-likeness (QED) is 0.192. The molecule has 0 saturated carbocycles. The van der Waals surface area contributed by atoms with Gasteiger partial charge in [-0.1, -0.05) is 66.4 Å². The molecule has 0 aromatic heterocycles. The first-order chi connectivity index (χ1) is 17.7. The summed E-state index contributed by atoms with van der Waals surface area (Å²) in [6.45, 7) is 8.72. The maximum absolute atomic E-state index is 13.8. The Bertz CT molecular complexity index is 1360. The number of benzene rings is 4. The van der Waals surface area contributed by atoms with Gasteiger partial charge in [0.05, 0.1) is 11.5 Å². The molecule has 0 aliphatic rings. The maximum Gasteiger partial charge on any atom is 0.307 e. The van der Waals surface area contributed by atoms with Crippen LogP contribution in [0.4, 0.5) is 0 Å². The van der Waals surface area contributed by atoms with Gasteiger partial charge >= 0.3 is 10.1 Å². The minimum atomic E-state index is -4.12. The standard InChI is InChI=1S/C31H34O4S2/c1-5-6-23-34-27-13-21-30(22-14-27)36(28-15-7-24(2)8-16-28,29-17-9-25(3)10-18-29)35-37(32,33)31-19-11-26(4)12-20-31/h7-22H,5-6,23H2,1-4H3. The first-order valence-electron chi connectivity index (χ1n) is 12.5. The van der Waals surface area contributed by atoms with Gasteiger partial charge in [-0.05, 0) is 98.2 Å². The van der Waals surface area contributed by atoms with E-state index in [0.29, 0.717) is 6.61 Å². The molecule has 0 aliphatic heterocycles. The van der Waals surface area contributed by atoms with Crippen LogP contribution >= 0.6 is 10.3 Å². The Kier molecular flexibility index (Phi) is 8.42. The van der Waals surface area contributed by atoms with Crippen molar-refractivity contribution >= 4 is 20.4 Å². The highest BCUT2D eigenvalue weighted by atomic mass is 32.3. The van der Waals surface area contributed by atoms with Gasteiger partial charge < -0.3 is 4.74 Å². The summed E-state index contributed by atoms with van der Waals surface area (Å²) >= 11 is 0. The third-order valence-electron chi connectivity index (χ3n) is 6.13. The first kappa shape index (κ1) is 27.0. The topological polar surface area (TPSA) is 52.6 Å². The average Bonchev–Trinajstić information content (AvgIpc) is 2.89. The zero-order chi connectivity index (χ0) is 26.5. The van der Waals surface area contributed by atoms with Crippen LogP contribution in [0.5, 0.6) is 5.75 Å². The summed E-state index contributed by atoms with van der Waals surface area (Å²) in [5, 5.41) is 0. The first-order valence-corrected chi connectivity index (χ1v) is 15.4. The fourth-order valence-corrected chi connectivity index (χ4v) is 9.10. The summed E-state index contributed by atoms with van der Waals surface area (Å²) in [5.74, 6) is 0.750. The highest BCUT2D eigenvalue weighted by Gasteiger charge is 2.38. The number of aryl methyl sites for hydroxylation is 3. The molecule has 4 rings (SSSR count). The van der Waals surface area contributed by atoms with Gasteiger partial charge in [-0.15, -0.1) is 0 Å². The van der Waals surface area contributed by atoms with E-state index in [4.69, 9.17) is 8.37 Å². The largest absolute Gasteiger partial charge is 0.494 e. The van der Waals surface area contributed by atoms with Crippen LogP contribution in [0.15, 0.2) is 117 Å². The summed E-state index contributed by atoms with van der Waals surface area (Å²) in [5.41, 5.74) is 3.15. The molecule has 0 N–H and O–H groups in total. The van der Waals surface area contributed by atoms with Crippen LogP contribution in [0.1, 0.15) is 36.5 Å². The van der Waals surface area contributed by atoms with Crippen LogP contribution in [0.25, 0.3) is 0 Å². The number of hydrogen-bond acceptors (Lipinski definition) is 4. The molecule has 0 atom stereocenters. The number of unbranched alkanes of at least 4 members (excludes halogenated alkanes) is 1. The Morgan fingerprint density at radius 3 is 1.35 bits per heavy atom. The molecule has 0 unspecified atom stereocenters. The third-order valence-corrected chi connectivity index (χ3v) is 11.3. The minimum Gasteiger partial charge on any atom is -0.494 e. The molecule has 4 nitrogen and oxygen atoms in total. The molecule has 0 saturated heterocycles. The van der Waals surface area contributed by atoms with E-state index >= 15 is 0 Å². The van der Waals surface area contributed by atoms with Crippen molar-refractivity contribution < 1.29 is 16.8 Å². The molecule has 0 radical (unpaired) electrons. The van der Waals surface area contributed by atoms with Crippen LogP contribution in [0.2, 0.25) is 0 Å². The van der Waals surface area contributed by atoms with Crippen molar-refractivity contribution in [3.63, 3.8) is 0 Å². The van der Waals surface area contributed by atoms with Crippen molar-refractivity contribution in [2.75, 3.05) is 6.61 Å². The number of ether oxygens (including phenoxy) is 1. The van der Waals surface area contributed by atoms with Crippen molar-refractivity contribution in [3.8, 4) is 5.75 Å². The lowest BCUT2D eigenvalue weighted by atomic mass is 10.2. The highest BCUT2D eigenvalue weighted by Crippen LogP contribution is 2.70. The lowest BCUT2D eigenvalue weighted by molar-refractivity contribution is 0.309. The minimum absolute atomic E-state index is 0.133. The summed E-state index contributed by atoms with van der Waals surface area (Å²) in [7, 11) is -6.79. The van der Waals surface area contributed by atoms with Crippen molar-refractivity contribution in [3.05, 3.63) is 114 Å². The molecule has 0 spiro atoms. The van der Waals surface area contributed by atoms with Crippen LogP contribution in [0.3, 0.4) is 0 Å². The third kappa shape index (κ3) is 6.09. The zero-order valence-electron chi connectivity index (χ0n) is 21.8. The van der Waals surface area contributed by atoms with Gasteiger partial charge in [0.15, 0.2) is 0 Å². The molecule has 0 aliphatic carbocycles. The summed E-state index contributed by atoms with van der Waals surface area (Å²) in [6.07, 6.45) is 2.03. The van der Waals surface area contributed by atoms with E-state index in [1.165, 1.54) is 0 Å². The Morgan fingerprint density at radius 1 is 0.568 bits per heavy atom. The van der Waals surface area contributed by atoms with Crippen molar-refractivity contribution in [1.82, 2.24) is 0 Å². The van der Waals surface area contributed by atoms with E-state index < -0.39 is 20.4 Å². The fourth-order valence-electron chi connectivity index (χ4n) is 3.93. The maximum atomic E-state index is 13.8. The Labute approximate surface area is 222 Å². The average molecular weight is 535 g/mol. The number of hydrogen-bond donors (Lipinski definition) is 0.